The molecule has 3 rings (SSSR count). The summed E-state index contributed by atoms with van der Waals surface area (Å²) < 4.78 is 19.8. The average Bonchev–Trinajstić information content (AvgIpc) is 2.76. The molecule has 2 heterocycles. The number of fused-ring (bicyclic) bond motifs is 1. The molecule has 164 valence electrons. The largest absolute Gasteiger partial charge is 0.505 e. The van der Waals surface area contributed by atoms with Crippen molar-refractivity contribution in [3.8, 4) is 5.75 Å². The van der Waals surface area contributed by atoms with Gasteiger partial charge >= 0.3 is 0 Å². The van der Waals surface area contributed by atoms with E-state index in [2.05, 4.69) is 10.3 Å². The highest BCUT2D eigenvalue weighted by molar-refractivity contribution is 6.01. The summed E-state index contributed by atoms with van der Waals surface area (Å²) in [5, 5.41) is 13.3. The van der Waals surface area contributed by atoms with Gasteiger partial charge in [-0.1, -0.05) is 19.1 Å². The van der Waals surface area contributed by atoms with Crippen LogP contribution in [0.15, 0.2) is 41.3 Å². The first-order valence-electron chi connectivity index (χ1n) is 10.2. The van der Waals surface area contributed by atoms with Gasteiger partial charge in [0.2, 0.25) is 0 Å². The molecule has 0 aliphatic carbocycles. The van der Waals surface area contributed by atoms with Gasteiger partial charge in [0.15, 0.2) is 5.75 Å². The standard InChI is InChI=1S/C23H26FN3O4/c1-3-10-31-11-4-9-25-22(29)19-21(28)20-18(27(2)23(19)30)13-16(14-26-20)12-15-5-7-17(24)8-6-15/h5-8,13-14,28H,3-4,9-12H2,1-2H3,(H,25,29). The molecular weight excluding hydrogens is 401 g/mol. The van der Waals surface area contributed by atoms with Gasteiger partial charge in [0.05, 0.1) is 5.52 Å². The van der Waals surface area contributed by atoms with Crippen molar-refractivity contribution in [2.75, 3.05) is 19.8 Å². The number of carbonyl (C=O) groups excluding carboxylic acids is 1. The van der Waals surface area contributed by atoms with Gasteiger partial charge < -0.3 is 19.7 Å². The Kier molecular flexibility index (Phi) is 7.36. The van der Waals surface area contributed by atoms with E-state index in [1.165, 1.54) is 23.7 Å². The average molecular weight is 427 g/mol. The Morgan fingerprint density at radius 2 is 1.97 bits per heavy atom. The first-order chi connectivity index (χ1) is 14.9. The lowest BCUT2D eigenvalue weighted by atomic mass is 10.1. The lowest BCUT2D eigenvalue weighted by Crippen LogP contribution is -2.33. The number of carbonyl (C=O) groups is 1. The van der Waals surface area contributed by atoms with E-state index in [9.17, 15) is 19.1 Å². The summed E-state index contributed by atoms with van der Waals surface area (Å²) in [4.78, 5) is 29.6. The monoisotopic (exact) mass is 427 g/mol. The van der Waals surface area contributed by atoms with Crippen LogP contribution < -0.4 is 10.9 Å². The number of nitrogens with one attached hydrogen (secondary N) is 1. The second-order valence-corrected chi connectivity index (χ2v) is 7.32. The number of benzene rings is 1. The molecule has 0 fully saturated rings. The number of nitrogens with zero attached hydrogens (tertiary/aromatic N) is 2. The number of aromatic nitrogens is 2. The van der Waals surface area contributed by atoms with Crippen molar-refractivity contribution in [3.63, 3.8) is 0 Å². The molecule has 0 aliphatic heterocycles. The number of aryl methyl sites for hydroxylation is 1. The second kappa shape index (κ2) is 10.2. The van der Waals surface area contributed by atoms with E-state index in [4.69, 9.17) is 4.74 Å². The van der Waals surface area contributed by atoms with Gasteiger partial charge in [0, 0.05) is 33.0 Å². The lowest BCUT2D eigenvalue weighted by Gasteiger charge is -2.12. The zero-order chi connectivity index (χ0) is 22.4. The fourth-order valence-electron chi connectivity index (χ4n) is 3.28. The minimum Gasteiger partial charge on any atom is -0.505 e. The molecule has 0 unspecified atom stereocenters. The van der Waals surface area contributed by atoms with Crippen LogP contribution in [0.2, 0.25) is 0 Å². The zero-order valence-electron chi connectivity index (χ0n) is 17.7. The number of hydrogen-bond donors (Lipinski definition) is 2. The van der Waals surface area contributed by atoms with Crippen molar-refractivity contribution < 1.29 is 19.0 Å². The third-order valence-electron chi connectivity index (χ3n) is 4.91. The first kappa shape index (κ1) is 22.4. The Balaban J connectivity index is 1.82. The Bertz CT molecular complexity index is 1130. The number of amides is 1. The van der Waals surface area contributed by atoms with E-state index < -0.39 is 17.2 Å². The van der Waals surface area contributed by atoms with E-state index in [1.54, 1.807) is 24.4 Å². The van der Waals surface area contributed by atoms with Gasteiger partial charge in [-0.05, 0) is 48.6 Å². The fourth-order valence-corrected chi connectivity index (χ4v) is 3.28. The Hall–Kier alpha value is -3.26. The zero-order valence-corrected chi connectivity index (χ0v) is 17.7. The highest BCUT2D eigenvalue weighted by atomic mass is 19.1. The molecule has 0 atom stereocenters. The maximum absolute atomic E-state index is 13.1. The summed E-state index contributed by atoms with van der Waals surface area (Å²) in [6.45, 7) is 3.51. The molecule has 1 amide bonds. The molecule has 0 aliphatic rings. The topological polar surface area (TPSA) is 93.4 Å². The Labute approximate surface area is 179 Å². The van der Waals surface area contributed by atoms with Gasteiger partial charge in [-0.2, -0.15) is 0 Å². The number of rotatable bonds is 9. The molecule has 2 aromatic heterocycles. The van der Waals surface area contributed by atoms with E-state index in [1.807, 2.05) is 6.92 Å². The van der Waals surface area contributed by atoms with Crippen LogP contribution in [0.3, 0.4) is 0 Å². The number of ether oxygens (including phenoxy) is 1. The molecule has 2 N–H and O–H groups in total. The van der Waals surface area contributed by atoms with Crippen molar-refractivity contribution >= 4 is 16.9 Å². The number of hydrogen-bond acceptors (Lipinski definition) is 5. The molecule has 0 spiro atoms. The van der Waals surface area contributed by atoms with Crippen LogP contribution >= 0.6 is 0 Å². The van der Waals surface area contributed by atoms with Gasteiger partial charge in [-0.15, -0.1) is 0 Å². The van der Waals surface area contributed by atoms with Crippen LogP contribution in [0.5, 0.6) is 5.75 Å². The molecule has 0 saturated carbocycles. The summed E-state index contributed by atoms with van der Waals surface area (Å²) >= 11 is 0. The fraction of sp³-hybridized carbons (Fsp3) is 0.348. The molecule has 8 heteroatoms. The SMILES string of the molecule is CCCOCCCNC(=O)c1c(O)c2ncc(Cc3ccc(F)cc3)cc2n(C)c1=O. The number of pyridine rings is 2. The molecule has 3 aromatic rings. The van der Waals surface area contributed by atoms with Crippen LogP contribution in [-0.2, 0) is 18.2 Å². The molecule has 0 radical (unpaired) electrons. The molecule has 1 aromatic carbocycles. The van der Waals surface area contributed by atoms with Crippen molar-refractivity contribution in [1.29, 1.82) is 0 Å². The van der Waals surface area contributed by atoms with Crippen LogP contribution in [0.25, 0.3) is 11.0 Å². The second-order valence-electron chi connectivity index (χ2n) is 7.32. The van der Waals surface area contributed by atoms with E-state index in [0.29, 0.717) is 38.1 Å². The van der Waals surface area contributed by atoms with Gasteiger partial charge in [0.25, 0.3) is 11.5 Å². The maximum Gasteiger partial charge on any atom is 0.267 e. The van der Waals surface area contributed by atoms with Crippen molar-refractivity contribution in [1.82, 2.24) is 14.9 Å². The lowest BCUT2D eigenvalue weighted by molar-refractivity contribution is 0.0937. The molecular formula is C23H26FN3O4. The van der Waals surface area contributed by atoms with Crippen LogP contribution in [0, 0.1) is 5.82 Å². The predicted molar refractivity (Wildman–Crippen MR) is 116 cm³/mol. The van der Waals surface area contributed by atoms with Crippen LogP contribution in [-0.4, -0.2) is 40.3 Å². The third-order valence-corrected chi connectivity index (χ3v) is 4.91. The van der Waals surface area contributed by atoms with Gasteiger partial charge in [0.1, 0.15) is 16.9 Å². The van der Waals surface area contributed by atoms with Crippen molar-refractivity contribution in [2.24, 2.45) is 7.05 Å². The number of aromatic hydroxyl groups is 1. The minimum absolute atomic E-state index is 0.168. The van der Waals surface area contributed by atoms with Crippen LogP contribution in [0.4, 0.5) is 4.39 Å². The highest BCUT2D eigenvalue weighted by Gasteiger charge is 2.22. The summed E-state index contributed by atoms with van der Waals surface area (Å²) in [5.41, 5.74) is 1.32. The van der Waals surface area contributed by atoms with Crippen LogP contribution in [0.1, 0.15) is 41.3 Å². The molecule has 7 nitrogen and oxygen atoms in total. The molecule has 0 saturated heterocycles. The summed E-state index contributed by atoms with van der Waals surface area (Å²) in [6, 6.07) is 7.85. The Morgan fingerprint density at radius 3 is 2.68 bits per heavy atom. The highest BCUT2D eigenvalue weighted by Crippen LogP contribution is 2.25. The summed E-state index contributed by atoms with van der Waals surface area (Å²) in [6.07, 6.45) is 3.58. The van der Waals surface area contributed by atoms with Gasteiger partial charge in [-0.25, -0.2) is 4.39 Å². The third kappa shape index (κ3) is 5.27. The molecule has 31 heavy (non-hydrogen) atoms. The summed E-state index contributed by atoms with van der Waals surface area (Å²) in [5.74, 6) is -1.40. The smallest absolute Gasteiger partial charge is 0.267 e. The van der Waals surface area contributed by atoms with Crippen molar-refractivity contribution in [3.05, 3.63) is 69.4 Å². The molecule has 0 bridgehead atoms. The first-order valence-corrected chi connectivity index (χ1v) is 10.2. The normalized spacial score (nSPS) is 11.1. The van der Waals surface area contributed by atoms with E-state index in [-0.39, 0.29) is 16.9 Å². The van der Waals surface area contributed by atoms with E-state index in [0.717, 1.165) is 17.5 Å². The quantitative estimate of drug-likeness (QED) is 0.512. The van der Waals surface area contributed by atoms with Crippen molar-refractivity contribution in [2.45, 2.75) is 26.2 Å². The predicted octanol–water partition coefficient (Wildman–Crippen LogP) is 2.92. The minimum atomic E-state index is -0.646. The summed E-state index contributed by atoms with van der Waals surface area (Å²) in [7, 11) is 1.53. The van der Waals surface area contributed by atoms with Gasteiger partial charge in [-0.3, -0.25) is 14.6 Å². The number of halogens is 1. The Morgan fingerprint density at radius 1 is 1.23 bits per heavy atom. The maximum atomic E-state index is 13.1. The van der Waals surface area contributed by atoms with E-state index >= 15 is 0 Å².